The van der Waals surface area contributed by atoms with Gasteiger partial charge in [-0.3, -0.25) is 9.14 Å². The molecule has 0 saturated carbocycles. The molecule has 1 amide bonds. The lowest BCUT2D eigenvalue weighted by Gasteiger charge is -2.21. The lowest BCUT2D eigenvalue weighted by atomic mass is 10.2. The van der Waals surface area contributed by atoms with E-state index in [0.717, 1.165) is 11.9 Å². The number of amides is 1. The number of nitriles is 1. The van der Waals surface area contributed by atoms with Crippen molar-refractivity contribution < 1.29 is 9.63 Å². The van der Waals surface area contributed by atoms with E-state index in [1.165, 1.54) is 11.4 Å². The Morgan fingerprint density at radius 2 is 2.17 bits per heavy atom. The van der Waals surface area contributed by atoms with Gasteiger partial charge < -0.3 is 0 Å². The second-order valence-electron chi connectivity index (χ2n) is 4.02. The van der Waals surface area contributed by atoms with Crippen molar-refractivity contribution in [3.8, 4) is 6.07 Å². The van der Waals surface area contributed by atoms with E-state index >= 15 is 0 Å². The van der Waals surface area contributed by atoms with Crippen LogP contribution in [-0.2, 0) is 4.84 Å². The minimum absolute atomic E-state index is 0.566. The topological polar surface area (TPSA) is 65.7 Å². The molecule has 0 N–H and O–H groups in total. The molecule has 18 heavy (non-hydrogen) atoms. The summed E-state index contributed by atoms with van der Waals surface area (Å²) < 4.78 is 0.532. The summed E-state index contributed by atoms with van der Waals surface area (Å²) in [5.74, 6) is 0. The first-order chi connectivity index (χ1) is 8.23. The number of oxime groups is 1. The number of hydrogen-bond acceptors (Lipinski definition) is 6. The van der Waals surface area contributed by atoms with Gasteiger partial charge in [0.15, 0.2) is 0 Å². The van der Waals surface area contributed by atoms with Gasteiger partial charge in [-0.15, -0.1) is 0 Å². The van der Waals surface area contributed by atoms with Crippen molar-refractivity contribution in [2.24, 2.45) is 5.16 Å². The first kappa shape index (κ1) is 16.9. The minimum atomic E-state index is -0.703. The van der Waals surface area contributed by atoms with Crippen molar-refractivity contribution >= 4 is 40.8 Å². The molecule has 7 heteroatoms. The Balaban J connectivity index is 4.52. The summed E-state index contributed by atoms with van der Waals surface area (Å²) in [5.41, 5.74) is 0.566. The molecule has 0 aliphatic carbocycles. The van der Waals surface area contributed by atoms with Crippen LogP contribution in [0.4, 0.5) is 4.79 Å². The lowest BCUT2D eigenvalue weighted by molar-refractivity contribution is 0.137. The van der Waals surface area contributed by atoms with Crippen LogP contribution in [0.25, 0.3) is 0 Å². The predicted octanol–water partition coefficient (Wildman–Crippen LogP) is 3.16. The summed E-state index contributed by atoms with van der Waals surface area (Å²) in [7, 11) is 1.53. The first-order valence-electron chi connectivity index (χ1n) is 5.36. The molecule has 0 radical (unpaired) electrons. The van der Waals surface area contributed by atoms with E-state index in [2.05, 4.69) is 11.2 Å². The molecule has 0 spiro atoms. The van der Waals surface area contributed by atoms with Crippen LogP contribution in [0.2, 0.25) is 0 Å². The van der Waals surface area contributed by atoms with E-state index in [0.29, 0.717) is 17.0 Å². The normalized spacial score (nSPS) is 11.7. The number of hydrogen-bond donors (Lipinski definition) is 0. The highest BCUT2D eigenvalue weighted by molar-refractivity contribution is 7.99. The van der Waals surface area contributed by atoms with Gasteiger partial charge in [0, 0.05) is 11.9 Å². The van der Waals surface area contributed by atoms with Crippen molar-refractivity contribution in [1.29, 1.82) is 5.26 Å². The first-order valence-corrected chi connectivity index (χ1v) is 6.54. The van der Waals surface area contributed by atoms with Crippen LogP contribution in [0, 0.1) is 11.3 Å². The standard InChI is InChI=1S/C11H17N3O2S2/c1-6-9(8(2)17)13-16-10(15)14(5)18-11(3,4)7-12/h6H2,1-5H3. The summed E-state index contributed by atoms with van der Waals surface area (Å²) >= 11 is 6.03. The van der Waals surface area contributed by atoms with E-state index in [4.69, 9.17) is 22.3 Å². The number of thiocarbonyl (C=S) groups is 1. The molecule has 0 aromatic heterocycles. The molecule has 0 aliphatic heterocycles. The average molecular weight is 287 g/mol. The third kappa shape index (κ3) is 5.98. The number of carbonyl (C=O) groups excluding carboxylic acids is 1. The van der Waals surface area contributed by atoms with Crippen LogP contribution in [0.3, 0.4) is 0 Å². The highest BCUT2D eigenvalue weighted by Crippen LogP contribution is 2.26. The SMILES string of the molecule is CCC(=NOC(=O)N(C)SC(C)(C)C#N)C(C)=S. The van der Waals surface area contributed by atoms with Gasteiger partial charge in [0.1, 0.15) is 4.75 Å². The van der Waals surface area contributed by atoms with Gasteiger partial charge in [-0.1, -0.05) is 24.3 Å². The summed E-state index contributed by atoms with van der Waals surface area (Å²) in [6, 6.07) is 2.08. The van der Waals surface area contributed by atoms with Crippen LogP contribution in [0.5, 0.6) is 0 Å². The van der Waals surface area contributed by atoms with E-state index in [9.17, 15) is 4.79 Å². The zero-order chi connectivity index (χ0) is 14.3. The van der Waals surface area contributed by atoms with E-state index in [1.54, 1.807) is 20.8 Å². The van der Waals surface area contributed by atoms with Gasteiger partial charge in [0.2, 0.25) is 0 Å². The molecule has 0 heterocycles. The molecule has 0 aromatic rings. The van der Waals surface area contributed by atoms with Crippen molar-refractivity contribution in [3.05, 3.63) is 0 Å². The Hall–Kier alpha value is -1.13. The Bertz CT molecular complexity index is 400. The fourth-order valence-corrected chi connectivity index (χ4v) is 1.94. The summed E-state index contributed by atoms with van der Waals surface area (Å²) in [6.45, 7) is 7.02. The molecule has 5 nitrogen and oxygen atoms in total. The molecule has 0 rings (SSSR count). The molecule has 0 aromatic carbocycles. The van der Waals surface area contributed by atoms with Crippen molar-refractivity contribution in [2.45, 2.75) is 38.9 Å². The van der Waals surface area contributed by atoms with Crippen molar-refractivity contribution in [3.63, 3.8) is 0 Å². The molecule has 0 saturated heterocycles. The Morgan fingerprint density at radius 3 is 2.56 bits per heavy atom. The second-order valence-corrected chi connectivity index (χ2v) is 6.38. The van der Waals surface area contributed by atoms with E-state index in [1.807, 2.05) is 6.92 Å². The largest absolute Gasteiger partial charge is 0.445 e. The Morgan fingerprint density at radius 1 is 1.61 bits per heavy atom. The van der Waals surface area contributed by atoms with Crippen LogP contribution in [0.15, 0.2) is 5.16 Å². The van der Waals surface area contributed by atoms with Gasteiger partial charge in [0.05, 0.1) is 11.8 Å². The summed E-state index contributed by atoms with van der Waals surface area (Å²) in [4.78, 5) is 17.0. The predicted molar refractivity (Wildman–Crippen MR) is 77.5 cm³/mol. The molecule has 0 aliphatic rings. The van der Waals surface area contributed by atoms with Crippen LogP contribution >= 0.6 is 24.2 Å². The quantitative estimate of drug-likeness (QED) is 0.255. The Labute approximate surface area is 117 Å². The molecule has 100 valence electrons. The average Bonchev–Trinajstić information content (AvgIpc) is 2.28. The lowest BCUT2D eigenvalue weighted by Crippen LogP contribution is -2.26. The van der Waals surface area contributed by atoms with Crippen molar-refractivity contribution in [1.82, 2.24) is 4.31 Å². The highest BCUT2D eigenvalue weighted by Gasteiger charge is 2.24. The second kappa shape index (κ2) is 7.34. The number of carbonyl (C=O) groups is 1. The van der Waals surface area contributed by atoms with Gasteiger partial charge >= 0.3 is 6.09 Å². The minimum Gasteiger partial charge on any atom is -0.297 e. The zero-order valence-corrected chi connectivity index (χ0v) is 12.8. The third-order valence-corrected chi connectivity index (χ3v) is 3.07. The van der Waals surface area contributed by atoms with E-state index in [-0.39, 0.29) is 0 Å². The molecule has 0 unspecified atom stereocenters. The van der Waals surface area contributed by atoms with Crippen molar-refractivity contribution in [2.75, 3.05) is 7.05 Å². The maximum Gasteiger partial charge on any atom is 0.445 e. The molecular weight excluding hydrogens is 270 g/mol. The third-order valence-electron chi connectivity index (χ3n) is 1.87. The highest BCUT2D eigenvalue weighted by atomic mass is 32.2. The molecular formula is C11H17N3O2S2. The Kier molecular flexibility index (Phi) is 6.88. The van der Waals surface area contributed by atoms with Gasteiger partial charge in [-0.25, -0.2) is 4.79 Å². The molecule has 0 bridgehead atoms. The van der Waals surface area contributed by atoms with Gasteiger partial charge in [0.25, 0.3) is 0 Å². The maximum atomic E-state index is 11.6. The molecule has 0 fully saturated rings. The summed E-state index contributed by atoms with van der Waals surface area (Å²) in [5, 5.41) is 12.6. The van der Waals surface area contributed by atoms with Crippen LogP contribution < -0.4 is 0 Å². The van der Waals surface area contributed by atoms with Crippen LogP contribution in [0.1, 0.15) is 34.1 Å². The molecule has 0 atom stereocenters. The monoisotopic (exact) mass is 287 g/mol. The van der Waals surface area contributed by atoms with Crippen LogP contribution in [-0.4, -0.2) is 32.8 Å². The fraction of sp³-hybridized carbons (Fsp3) is 0.636. The number of nitrogens with zero attached hydrogens (tertiary/aromatic N) is 3. The van der Waals surface area contributed by atoms with Gasteiger partial charge in [-0.05, 0) is 39.1 Å². The fourth-order valence-electron chi connectivity index (χ4n) is 0.929. The zero-order valence-electron chi connectivity index (χ0n) is 11.2. The maximum absolute atomic E-state index is 11.6. The smallest absolute Gasteiger partial charge is 0.297 e. The summed E-state index contributed by atoms with van der Waals surface area (Å²) in [6.07, 6.45) is -0.0334. The number of rotatable bonds is 5. The van der Waals surface area contributed by atoms with E-state index < -0.39 is 10.8 Å². The van der Waals surface area contributed by atoms with Gasteiger partial charge in [-0.2, -0.15) is 5.26 Å².